The number of carbonyl (C=O) groups excluding carboxylic acids is 1. The van der Waals surface area contributed by atoms with Crippen LogP contribution in [0.15, 0.2) is 29.0 Å². The van der Waals surface area contributed by atoms with Crippen molar-refractivity contribution in [1.29, 1.82) is 0 Å². The fourth-order valence-corrected chi connectivity index (χ4v) is 4.08. The van der Waals surface area contributed by atoms with Crippen molar-refractivity contribution in [2.24, 2.45) is 5.73 Å². The zero-order valence-corrected chi connectivity index (χ0v) is 19.3. The molecule has 33 heavy (non-hydrogen) atoms. The molecule has 2 N–H and O–H groups in total. The van der Waals surface area contributed by atoms with E-state index < -0.39 is 5.91 Å². The average molecular weight is 467 g/mol. The Kier molecular flexibility index (Phi) is 5.08. The molecule has 1 aliphatic rings. The predicted octanol–water partition coefficient (Wildman–Crippen LogP) is 3.76. The second kappa shape index (κ2) is 7.84. The van der Waals surface area contributed by atoms with Gasteiger partial charge in [-0.05, 0) is 51.3 Å². The van der Waals surface area contributed by atoms with E-state index in [4.69, 9.17) is 31.6 Å². The maximum absolute atomic E-state index is 11.3. The van der Waals surface area contributed by atoms with Crippen LogP contribution in [0.3, 0.4) is 0 Å². The molecule has 0 radical (unpaired) electrons. The molecule has 3 heterocycles. The molecule has 1 fully saturated rings. The molecule has 0 spiro atoms. The minimum absolute atomic E-state index is 0.109. The van der Waals surface area contributed by atoms with Crippen molar-refractivity contribution in [3.8, 4) is 17.3 Å². The molecule has 1 aliphatic carbocycles. The molecule has 0 saturated heterocycles. The summed E-state index contributed by atoms with van der Waals surface area (Å²) in [4.78, 5) is 25.1. The summed E-state index contributed by atoms with van der Waals surface area (Å²) < 4.78 is 13.5. The second-order valence-corrected chi connectivity index (χ2v) is 9.09. The summed E-state index contributed by atoms with van der Waals surface area (Å²) in [5.41, 5.74) is 9.45. The van der Waals surface area contributed by atoms with Gasteiger partial charge in [-0.3, -0.25) is 4.79 Å². The number of carbonyl (C=O) groups is 1. The number of primary amides is 1. The number of ether oxygens (including phenoxy) is 1. The highest BCUT2D eigenvalue weighted by atomic mass is 35.5. The van der Waals surface area contributed by atoms with Gasteiger partial charge in [-0.15, -0.1) is 0 Å². The van der Waals surface area contributed by atoms with Gasteiger partial charge in [0.1, 0.15) is 23.5 Å². The van der Waals surface area contributed by atoms with Crippen LogP contribution in [-0.4, -0.2) is 36.2 Å². The molecular weight excluding hydrogens is 444 g/mol. The molecule has 170 valence electrons. The van der Waals surface area contributed by atoms with E-state index in [0.717, 1.165) is 35.4 Å². The van der Waals surface area contributed by atoms with Crippen LogP contribution in [0.5, 0.6) is 5.88 Å². The minimum atomic E-state index is -0.421. The Bertz CT molecular complexity index is 1370. The lowest BCUT2D eigenvalue weighted by Crippen LogP contribution is -2.13. The maximum atomic E-state index is 11.3. The summed E-state index contributed by atoms with van der Waals surface area (Å²) in [6.07, 6.45) is 3.53. The standard InChI is InChI=1S/C23H23ClN6O3/c1-12-16(13(2)33-29-12)10-30-20(15-5-4-14(8-17(15)24)9-18(25)31)28-19-21(30)26-11-27-22(19)32-23(3)6-7-23/h4-5,8,11H,6-7,9-10H2,1-3H3,(H2,25,31). The van der Waals surface area contributed by atoms with Gasteiger partial charge in [0.25, 0.3) is 0 Å². The number of benzene rings is 1. The highest BCUT2D eigenvalue weighted by Gasteiger charge is 2.41. The van der Waals surface area contributed by atoms with E-state index in [2.05, 4.69) is 22.0 Å². The Labute approximate surface area is 194 Å². The highest BCUT2D eigenvalue weighted by Crippen LogP contribution is 2.41. The maximum Gasteiger partial charge on any atom is 0.245 e. The zero-order chi connectivity index (χ0) is 23.3. The van der Waals surface area contributed by atoms with Gasteiger partial charge in [0.15, 0.2) is 11.2 Å². The molecule has 4 aromatic rings. The number of hydrogen-bond donors (Lipinski definition) is 1. The topological polar surface area (TPSA) is 122 Å². The van der Waals surface area contributed by atoms with Gasteiger partial charge in [0, 0.05) is 11.1 Å². The Balaban J connectivity index is 1.68. The fourth-order valence-electron chi connectivity index (χ4n) is 3.79. The number of amides is 1. The third kappa shape index (κ3) is 4.04. The third-order valence-corrected chi connectivity index (χ3v) is 6.26. The molecule has 9 nitrogen and oxygen atoms in total. The van der Waals surface area contributed by atoms with Gasteiger partial charge in [-0.2, -0.15) is 4.98 Å². The Hall–Kier alpha value is -3.46. The van der Waals surface area contributed by atoms with E-state index in [1.54, 1.807) is 6.07 Å². The minimum Gasteiger partial charge on any atom is -0.470 e. The number of hydrogen-bond acceptors (Lipinski definition) is 7. The molecule has 1 amide bonds. The van der Waals surface area contributed by atoms with Crippen molar-refractivity contribution >= 4 is 28.7 Å². The fraction of sp³-hybridized carbons (Fsp3) is 0.348. The molecule has 0 bridgehead atoms. The third-order valence-electron chi connectivity index (χ3n) is 5.95. The van der Waals surface area contributed by atoms with Gasteiger partial charge in [0.05, 0.1) is 23.7 Å². The number of rotatable bonds is 7. The number of nitrogens with two attached hydrogens (primary N) is 1. The predicted molar refractivity (Wildman–Crippen MR) is 122 cm³/mol. The van der Waals surface area contributed by atoms with E-state index in [-0.39, 0.29) is 12.0 Å². The lowest BCUT2D eigenvalue weighted by Gasteiger charge is -2.12. The van der Waals surface area contributed by atoms with Crippen LogP contribution >= 0.6 is 11.6 Å². The molecule has 1 saturated carbocycles. The van der Waals surface area contributed by atoms with E-state index in [0.29, 0.717) is 40.0 Å². The van der Waals surface area contributed by atoms with Crippen LogP contribution in [0.2, 0.25) is 5.02 Å². The monoisotopic (exact) mass is 466 g/mol. The molecule has 3 aromatic heterocycles. The second-order valence-electron chi connectivity index (χ2n) is 8.68. The quantitative estimate of drug-likeness (QED) is 0.440. The molecular formula is C23H23ClN6O3. The molecule has 0 aliphatic heterocycles. The first-order valence-corrected chi connectivity index (χ1v) is 11.0. The molecule has 5 rings (SSSR count). The number of imidazole rings is 1. The van der Waals surface area contributed by atoms with Crippen molar-refractivity contribution in [1.82, 2.24) is 24.7 Å². The first kappa shape index (κ1) is 21.4. The largest absolute Gasteiger partial charge is 0.470 e. The van der Waals surface area contributed by atoms with Crippen molar-refractivity contribution < 1.29 is 14.1 Å². The lowest BCUT2D eigenvalue weighted by atomic mass is 10.1. The average Bonchev–Trinajstić information content (AvgIpc) is 3.24. The van der Waals surface area contributed by atoms with Crippen LogP contribution in [0.1, 0.15) is 42.3 Å². The Morgan fingerprint density at radius 3 is 2.73 bits per heavy atom. The number of fused-ring (bicyclic) bond motifs is 1. The number of aromatic nitrogens is 5. The normalized spacial score (nSPS) is 14.5. The smallest absolute Gasteiger partial charge is 0.245 e. The Morgan fingerprint density at radius 1 is 1.30 bits per heavy atom. The summed E-state index contributed by atoms with van der Waals surface area (Å²) in [5, 5.41) is 4.53. The van der Waals surface area contributed by atoms with Crippen LogP contribution in [0.4, 0.5) is 0 Å². The summed E-state index contributed by atoms with van der Waals surface area (Å²) >= 11 is 6.64. The number of halogens is 1. The summed E-state index contributed by atoms with van der Waals surface area (Å²) in [6.45, 7) is 6.25. The van der Waals surface area contributed by atoms with Crippen LogP contribution < -0.4 is 10.5 Å². The molecule has 0 unspecified atom stereocenters. The highest BCUT2D eigenvalue weighted by molar-refractivity contribution is 6.33. The van der Waals surface area contributed by atoms with Crippen molar-refractivity contribution in [2.75, 3.05) is 0 Å². The molecule has 1 aromatic carbocycles. The van der Waals surface area contributed by atoms with E-state index in [1.807, 2.05) is 30.5 Å². The molecule has 10 heteroatoms. The first-order valence-electron chi connectivity index (χ1n) is 10.6. The first-order chi connectivity index (χ1) is 15.7. The van der Waals surface area contributed by atoms with Crippen LogP contribution in [0, 0.1) is 13.8 Å². The SMILES string of the molecule is Cc1noc(C)c1Cn1c(-c2ccc(CC(N)=O)cc2Cl)nc2c(OC3(C)CC3)ncnc21. The van der Waals surface area contributed by atoms with E-state index >= 15 is 0 Å². The summed E-state index contributed by atoms with van der Waals surface area (Å²) in [5.74, 6) is 1.35. The molecule has 0 atom stereocenters. The summed E-state index contributed by atoms with van der Waals surface area (Å²) in [7, 11) is 0. The van der Waals surface area contributed by atoms with E-state index in [1.165, 1.54) is 6.33 Å². The van der Waals surface area contributed by atoms with E-state index in [9.17, 15) is 4.79 Å². The van der Waals surface area contributed by atoms with Crippen molar-refractivity contribution in [3.63, 3.8) is 0 Å². The van der Waals surface area contributed by atoms with Crippen molar-refractivity contribution in [2.45, 2.75) is 52.2 Å². The van der Waals surface area contributed by atoms with Gasteiger partial charge in [0.2, 0.25) is 11.8 Å². The van der Waals surface area contributed by atoms with Gasteiger partial charge in [-0.25, -0.2) is 9.97 Å². The zero-order valence-electron chi connectivity index (χ0n) is 18.6. The van der Waals surface area contributed by atoms with Crippen LogP contribution in [-0.2, 0) is 17.8 Å². The van der Waals surface area contributed by atoms with Gasteiger partial charge in [-0.1, -0.05) is 22.8 Å². The Morgan fingerprint density at radius 2 is 2.09 bits per heavy atom. The summed E-state index contributed by atoms with van der Waals surface area (Å²) in [6, 6.07) is 5.39. The number of aryl methyl sites for hydroxylation is 2. The van der Waals surface area contributed by atoms with Gasteiger partial charge < -0.3 is 19.6 Å². The lowest BCUT2D eigenvalue weighted by molar-refractivity contribution is -0.117. The van der Waals surface area contributed by atoms with Crippen molar-refractivity contribution in [3.05, 3.63) is 52.1 Å². The number of nitrogens with zero attached hydrogens (tertiary/aromatic N) is 5. The van der Waals surface area contributed by atoms with Crippen LogP contribution in [0.25, 0.3) is 22.6 Å². The van der Waals surface area contributed by atoms with Gasteiger partial charge >= 0.3 is 0 Å².